The fraction of sp³-hybridized carbons (Fsp3) is 0.105. The zero-order valence-electron chi connectivity index (χ0n) is 13.4. The predicted molar refractivity (Wildman–Crippen MR) is 97.1 cm³/mol. The number of carbonyl (C=O) groups excluding carboxylic acids is 2. The fourth-order valence-electron chi connectivity index (χ4n) is 2.18. The molecule has 5 nitrogen and oxygen atoms in total. The average Bonchev–Trinajstić information content (AvgIpc) is 2.96. The summed E-state index contributed by atoms with van der Waals surface area (Å²) in [5, 5.41) is 0. The second-order valence-corrected chi connectivity index (χ2v) is 6.16. The van der Waals surface area contributed by atoms with Crippen molar-refractivity contribution in [1.29, 1.82) is 0 Å². The van der Waals surface area contributed by atoms with Gasteiger partial charge in [0.25, 0.3) is 0 Å². The number of esters is 2. The third-order valence-corrected chi connectivity index (χ3v) is 3.87. The predicted octanol–water partition coefficient (Wildman–Crippen LogP) is 4.11. The van der Waals surface area contributed by atoms with Crippen LogP contribution in [-0.2, 0) is 14.3 Å². The van der Waals surface area contributed by atoms with E-state index in [1.165, 1.54) is 0 Å². The molecule has 6 heteroatoms. The van der Waals surface area contributed by atoms with Crippen LogP contribution >= 0.6 is 15.9 Å². The highest BCUT2D eigenvalue weighted by atomic mass is 79.9. The Bertz CT molecular complexity index is 902. The first-order valence-electron chi connectivity index (χ1n) is 7.64. The van der Waals surface area contributed by atoms with E-state index in [1.807, 2.05) is 24.3 Å². The van der Waals surface area contributed by atoms with Crippen molar-refractivity contribution >= 4 is 39.8 Å². The summed E-state index contributed by atoms with van der Waals surface area (Å²) in [6.07, 6.45) is 1.88. The van der Waals surface area contributed by atoms with E-state index in [1.54, 1.807) is 37.3 Å². The number of cyclic esters (lactones) is 1. The minimum atomic E-state index is -0.522. The van der Waals surface area contributed by atoms with Crippen LogP contribution in [0.15, 0.2) is 63.7 Å². The Balaban J connectivity index is 1.87. The second-order valence-electron chi connectivity index (χ2n) is 5.25. The highest BCUT2D eigenvalue weighted by molar-refractivity contribution is 9.10. The second kappa shape index (κ2) is 7.44. The monoisotopic (exact) mass is 399 g/mol. The molecular formula is C19H14BrNO4. The van der Waals surface area contributed by atoms with Crippen molar-refractivity contribution < 1.29 is 19.1 Å². The third kappa shape index (κ3) is 4.22. The quantitative estimate of drug-likeness (QED) is 0.440. The van der Waals surface area contributed by atoms with Gasteiger partial charge in [-0.2, -0.15) is 0 Å². The lowest BCUT2D eigenvalue weighted by Crippen LogP contribution is -2.05. The number of aliphatic imine (C=N–C) groups is 1. The van der Waals surface area contributed by atoms with E-state index in [4.69, 9.17) is 9.47 Å². The zero-order chi connectivity index (χ0) is 17.8. The van der Waals surface area contributed by atoms with Crippen LogP contribution in [0.2, 0.25) is 0 Å². The van der Waals surface area contributed by atoms with E-state index in [0.29, 0.717) is 16.9 Å². The van der Waals surface area contributed by atoms with Crippen molar-refractivity contribution in [3.8, 4) is 5.75 Å². The minimum absolute atomic E-state index is 0.189. The molecule has 0 bridgehead atoms. The molecule has 1 aliphatic rings. The normalized spacial score (nSPS) is 15.0. The van der Waals surface area contributed by atoms with Crippen molar-refractivity contribution in [3.05, 3.63) is 69.8 Å². The Hall–Kier alpha value is -2.73. The van der Waals surface area contributed by atoms with Gasteiger partial charge in [-0.15, -0.1) is 0 Å². The maximum atomic E-state index is 12.1. The molecule has 0 unspecified atom stereocenters. The first kappa shape index (κ1) is 17.1. The summed E-state index contributed by atoms with van der Waals surface area (Å²) in [6, 6.07) is 14.2. The number of hydrogen-bond acceptors (Lipinski definition) is 5. The van der Waals surface area contributed by atoms with Gasteiger partial charge in [-0.3, -0.25) is 4.79 Å². The molecule has 2 aromatic carbocycles. The van der Waals surface area contributed by atoms with Gasteiger partial charge in [-0.05, 0) is 42.0 Å². The van der Waals surface area contributed by atoms with E-state index in [0.717, 1.165) is 4.47 Å². The first-order chi connectivity index (χ1) is 12.0. The standard InChI is InChI=1S/C19H14BrNO4/c1-2-17(22)24-15-8-3-5-12(9-15)10-16-19(23)25-18(21-16)13-6-4-7-14(20)11-13/h3-11H,2H2,1H3/b16-10-. The van der Waals surface area contributed by atoms with Gasteiger partial charge in [0.05, 0.1) is 0 Å². The Morgan fingerprint density at radius 1 is 1.24 bits per heavy atom. The van der Waals surface area contributed by atoms with Crippen molar-refractivity contribution in [3.63, 3.8) is 0 Å². The van der Waals surface area contributed by atoms with Gasteiger partial charge in [-0.1, -0.05) is 41.1 Å². The number of benzene rings is 2. The summed E-state index contributed by atoms with van der Waals surface area (Å²) >= 11 is 3.38. The Morgan fingerprint density at radius 2 is 2.04 bits per heavy atom. The van der Waals surface area contributed by atoms with Crippen molar-refractivity contribution in [2.75, 3.05) is 0 Å². The lowest BCUT2D eigenvalue weighted by atomic mass is 10.2. The number of nitrogens with zero attached hydrogens (tertiary/aromatic N) is 1. The number of carbonyl (C=O) groups is 2. The van der Waals surface area contributed by atoms with E-state index < -0.39 is 5.97 Å². The van der Waals surface area contributed by atoms with Crippen LogP contribution < -0.4 is 4.74 Å². The summed E-state index contributed by atoms with van der Waals surface area (Å²) in [5.74, 6) is -0.166. The average molecular weight is 400 g/mol. The number of hydrogen-bond donors (Lipinski definition) is 0. The molecule has 0 spiro atoms. The van der Waals surface area contributed by atoms with Crippen molar-refractivity contribution in [2.24, 2.45) is 4.99 Å². The third-order valence-electron chi connectivity index (χ3n) is 3.37. The van der Waals surface area contributed by atoms with Crippen molar-refractivity contribution in [2.45, 2.75) is 13.3 Å². The van der Waals surface area contributed by atoms with Gasteiger partial charge in [0.2, 0.25) is 5.90 Å². The van der Waals surface area contributed by atoms with Crippen LogP contribution in [0.1, 0.15) is 24.5 Å². The van der Waals surface area contributed by atoms with E-state index in [-0.39, 0.29) is 24.0 Å². The Morgan fingerprint density at radius 3 is 2.80 bits per heavy atom. The molecule has 0 saturated heterocycles. The van der Waals surface area contributed by atoms with E-state index in [9.17, 15) is 9.59 Å². The molecule has 0 fully saturated rings. The highest BCUT2D eigenvalue weighted by Gasteiger charge is 2.24. The van der Waals surface area contributed by atoms with E-state index in [2.05, 4.69) is 20.9 Å². The summed E-state index contributed by atoms with van der Waals surface area (Å²) < 4.78 is 11.3. The molecule has 3 rings (SSSR count). The molecule has 2 aromatic rings. The van der Waals surface area contributed by atoms with Gasteiger partial charge < -0.3 is 9.47 Å². The lowest BCUT2D eigenvalue weighted by Gasteiger charge is -2.03. The lowest BCUT2D eigenvalue weighted by molar-refractivity contribution is -0.134. The van der Waals surface area contributed by atoms with Crippen LogP contribution in [0, 0.1) is 0 Å². The molecule has 0 atom stereocenters. The topological polar surface area (TPSA) is 65.0 Å². The van der Waals surface area contributed by atoms with Crippen LogP contribution in [0.25, 0.3) is 6.08 Å². The highest BCUT2D eigenvalue weighted by Crippen LogP contribution is 2.22. The summed E-state index contributed by atoms with van der Waals surface area (Å²) in [5.41, 5.74) is 1.58. The molecule has 0 aromatic heterocycles. The van der Waals surface area contributed by atoms with Crippen molar-refractivity contribution in [1.82, 2.24) is 0 Å². The largest absolute Gasteiger partial charge is 0.427 e. The molecule has 1 heterocycles. The number of rotatable bonds is 4. The molecule has 1 aliphatic heterocycles. The Kier molecular flexibility index (Phi) is 5.09. The minimum Gasteiger partial charge on any atom is -0.427 e. The van der Waals surface area contributed by atoms with Crippen LogP contribution in [0.5, 0.6) is 5.75 Å². The number of ether oxygens (including phenoxy) is 2. The molecule has 0 saturated carbocycles. The van der Waals surface area contributed by atoms with Gasteiger partial charge in [0.1, 0.15) is 5.75 Å². The first-order valence-corrected chi connectivity index (χ1v) is 8.43. The summed E-state index contributed by atoms with van der Waals surface area (Å²) in [7, 11) is 0. The maximum absolute atomic E-state index is 12.1. The maximum Gasteiger partial charge on any atom is 0.363 e. The van der Waals surface area contributed by atoms with Gasteiger partial charge >= 0.3 is 11.9 Å². The SMILES string of the molecule is CCC(=O)Oc1cccc(/C=C2\N=C(c3cccc(Br)c3)OC2=O)c1. The Labute approximate surface area is 153 Å². The fourth-order valence-corrected chi connectivity index (χ4v) is 2.58. The van der Waals surface area contributed by atoms with Crippen LogP contribution in [-0.4, -0.2) is 17.8 Å². The van der Waals surface area contributed by atoms with Crippen LogP contribution in [0.3, 0.4) is 0 Å². The molecule has 0 aliphatic carbocycles. The molecule has 25 heavy (non-hydrogen) atoms. The summed E-state index contributed by atoms with van der Waals surface area (Å²) in [4.78, 5) is 27.7. The zero-order valence-corrected chi connectivity index (χ0v) is 14.9. The molecule has 0 amide bonds. The van der Waals surface area contributed by atoms with E-state index >= 15 is 0 Å². The smallest absolute Gasteiger partial charge is 0.363 e. The molecule has 0 radical (unpaired) electrons. The summed E-state index contributed by atoms with van der Waals surface area (Å²) in [6.45, 7) is 1.72. The van der Waals surface area contributed by atoms with Crippen LogP contribution in [0.4, 0.5) is 0 Å². The number of halogens is 1. The van der Waals surface area contributed by atoms with Gasteiger partial charge in [0.15, 0.2) is 5.70 Å². The molecule has 0 N–H and O–H groups in total. The molecule has 126 valence electrons. The molecular weight excluding hydrogens is 386 g/mol. The van der Waals surface area contributed by atoms with Gasteiger partial charge in [-0.25, -0.2) is 9.79 Å². The van der Waals surface area contributed by atoms with Gasteiger partial charge in [0, 0.05) is 16.5 Å².